The van der Waals surface area contributed by atoms with E-state index in [0.29, 0.717) is 6.54 Å². The number of benzene rings is 1. The number of hydrogen-bond acceptors (Lipinski definition) is 5. The maximum absolute atomic E-state index is 12.6. The largest absolute Gasteiger partial charge is 0.468 e. The second kappa shape index (κ2) is 9.69. The number of nitrogens with one attached hydrogen (secondary N) is 1. The van der Waals surface area contributed by atoms with E-state index in [2.05, 4.69) is 31.1 Å². The average molecular weight is 474 g/mol. The van der Waals surface area contributed by atoms with Gasteiger partial charge in [-0.05, 0) is 50.2 Å². The molecule has 29 heavy (non-hydrogen) atoms. The Morgan fingerprint density at radius 3 is 2.86 bits per heavy atom. The summed E-state index contributed by atoms with van der Waals surface area (Å²) in [6.07, 6.45) is 5.66. The van der Waals surface area contributed by atoms with Crippen molar-refractivity contribution in [1.82, 2.24) is 15.2 Å². The van der Waals surface area contributed by atoms with Gasteiger partial charge in [0.25, 0.3) is 0 Å². The number of carbonyl (C=O) groups is 1. The lowest BCUT2D eigenvalue weighted by Gasteiger charge is -2.33. The van der Waals surface area contributed by atoms with Gasteiger partial charge in [0.1, 0.15) is 10.8 Å². The fourth-order valence-electron chi connectivity index (χ4n) is 3.70. The molecule has 4 rings (SSSR count). The first-order valence-electron chi connectivity index (χ1n) is 9.93. The van der Waals surface area contributed by atoms with Crippen LogP contribution in [0.2, 0.25) is 0 Å². The predicted molar refractivity (Wildman–Crippen MR) is 119 cm³/mol. The molecule has 0 bridgehead atoms. The summed E-state index contributed by atoms with van der Waals surface area (Å²) in [5.41, 5.74) is 1.86. The molecule has 0 spiro atoms. The molecule has 3 aromatic rings. The van der Waals surface area contributed by atoms with Crippen molar-refractivity contribution in [1.29, 1.82) is 0 Å². The molecule has 2 aromatic heterocycles. The second-order valence-electron chi connectivity index (χ2n) is 7.26. The number of amides is 1. The van der Waals surface area contributed by atoms with Crippen LogP contribution >= 0.6 is 27.3 Å². The van der Waals surface area contributed by atoms with Gasteiger partial charge in [0.2, 0.25) is 5.91 Å². The van der Waals surface area contributed by atoms with Gasteiger partial charge in [-0.3, -0.25) is 9.69 Å². The molecule has 0 aliphatic carbocycles. The van der Waals surface area contributed by atoms with Crippen LogP contribution in [0.15, 0.2) is 56.9 Å². The summed E-state index contributed by atoms with van der Waals surface area (Å²) in [5.74, 6) is 0.905. The van der Waals surface area contributed by atoms with E-state index in [9.17, 15) is 4.79 Å². The van der Waals surface area contributed by atoms with E-state index >= 15 is 0 Å². The molecule has 1 saturated heterocycles. The smallest absolute Gasteiger partial charge is 0.226 e. The summed E-state index contributed by atoms with van der Waals surface area (Å²) in [6, 6.07) is 12.0. The number of piperidine rings is 1. The normalized spacial score (nSPS) is 15.9. The summed E-state index contributed by atoms with van der Waals surface area (Å²) in [7, 11) is 0. The highest BCUT2D eigenvalue weighted by atomic mass is 79.9. The second-order valence-corrected chi connectivity index (χ2v) is 9.04. The van der Waals surface area contributed by atoms with Gasteiger partial charge in [0, 0.05) is 22.0 Å². The SMILES string of the molecule is O=C(Cc1csc(-c2cccc(Br)c2)n1)NCC(c1ccco1)N1CCCCC1. The number of aromatic nitrogens is 1. The summed E-state index contributed by atoms with van der Waals surface area (Å²) in [5, 5.41) is 5.98. The molecule has 3 heterocycles. The molecule has 1 atom stereocenters. The van der Waals surface area contributed by atoms with Crippen LogP contribution in [0.3, 0.4) is 0 Å². The van der Waals surface area contributed by atoms with Crippen molar-refractivity contribution in [3.63, 3.8) is 0 Å². The molecule has 1 aliphatic rings. The van der Waals surface area contributed by atoms with E-state index in [4.69, 9.17) is 4.42 Å². The number of carbonyl (C=O) groups excluding carboxylic acids is 1. The number of rotatable bonds is 7. The van der Waals surface area contributed by atoms with Crippen molar-refractivity contribution in [3.05, 3.63) is 64.0 Å². The van der Waals surface area contributed by atoms with Crippen LogP contribution in [0.5, 0.6) is 0 Å². The topological polar surface area (TPSA) is 58.4 Å². The highest BCUT2D eigenvalue weighted by Gasteiger charge is 2.25. The minimum absolute atomic E-state index is 0.00958. The van der Waals surface area contributed by atoms with Gasteiger partial charge < -0.3 is 9.73 Å². The minimum atomic E-state index is -0.00958. The molecule has 0 saturated carbocycles. The van der Waals surface area contributed by atoms with Gasteiger partial charge in [0.15, 0.2) is 0 Å². The maximum atomic E-state index is 12.6. The molecule has 0 radical (unpaired) electrons. The third-order valence-corrected chi connectivity index (χ3v) is 6.59. The predicted octanol–water partition coefficient (Wildman–Crippen LogP) is 5.05. The Kier molecular flexibility index (Phi) is 6.79. The monoisotopic (exact) mass is 473 g/mol. The Bertz CT molecular complexity index is 935. The molecule has 1 aliphatic heterocycles. The molecular weight excluding hydrogens is 450 g/mol. The molecule has 7 heteroatoms. The Balaban J connectivity index is 1.36. The number of thiazole rings is 1. The Morgan fingerprint density at radius 1 is 1.24 bits per heavy atom. The van der Waals surface area contributed by atoms with E-state index < -0.39 is 0 Å². The molecule has 1 N–H and O–H groups in total. The van der Waals surface area contributed by atoms with E-state index in [1.54, 1.807) is 17.6 Å². The van der Waals surface area contributed by atoms with Gasteiger partial charge in [-0.15, -0.1) is 11.3 Å². The zero-order chi connectivity index (χ0) is 20.1. The van der Waals surface area contributed by atoms with Gasteiger partial charge in [-0.25, -0.2) is 4.98 Å². The van der Waals surface area contributed by atoms with Crippen LogP contribution < -0.4 is 5.32 Å². The van der Waals surface area contributed by atoms with Crippen LogP contribution in [0.25, 0.3) is 10.6 Å². The zero-order valence-electron chi connectivity index (χ0n) is 16.1. The lowest BCUT2D eigenvalue weighted by molar-refractivity contribution is -0.120. The number of likely N-dealkylation sites (tertiary alicyclic amines) is 1. The van der Waals surface area contributed by atoms with Crippen molar-refractivity contribution < 1.29 is 9.21 Å². The molecule has 1 aromatic carbocycles. The highest BCUT2D eigenvalue weighted by molar-refractivity contribution is 9.10. The summed E-state index contributed by atoms with van der Waals surface area (Å²) >= 11 is 5.05. The van der Waals surface area contributed by atoms with Crippen LogP contribution in [0.1, 0.15) is 36.8 Å². The van der Waals surface area contributed by atoms with E-state index in [-0.39, 0.29) is 18.4 Å². The summed E-state index contributed by atoms with van der Waals surface area (Å²) in [4.78, 5) is 19.6. The first-order valence-corrected chi connectivity index (χ1v) is 11.6. The van der Waals surface area contributed by atoms with Crippen LogP contribution in [-0.2, 0) is 11.2 Å². The third-order valence-electron chi connectivity index (χ3n) is 5.16. The summed E-state index contributed by atoms with van der Waals surface area (Å²) in [6.45, 7) is 2.64. The van der Waals surface area contributed by atoms with E-state index in [1.165, 1.54) is 19.3 Å². The van der Waals surface area contributed by atoms with Crippen molar-refractivity contribution in [2.45, 2.75) is 31.7 Å². The Hall–Kier alpha value is -1.96. The summed E-state index contributed by atoms with van der Waals surface area (Å²) < 4.78 is 6.67. The first kappa shape index (κ1) is 20.3. The van der Waals surface area contributed by atoms with Crippen LogP contribution in [-0.4, -0.2) is 35.4 Å². The van der Waals surface area contributed by atoms with Gasteiger partial charge >= 0.3 is 0 Å². The van der Waals surface area contributed by atoms with Gasteiger partial charge in [-0.1, -0.05) is 34.5 Å². The molecule has 1 fully saturated rings. The van der Waals surface area contributed by atoms with Crippen LogP contribution in [0.4, 0.5) is 0 Å². The average Bonchev–Trinajstić information content (AvgIpc) is 3.42. The number of furan rings is 1. The fraction of sp³-hybridized carbons (Fsp3) is 0.364. The van der Waals surface area contributed by atoms with Gasteiger partial charge in [0.05, 0.1) is 24.4 Å². The lowest BCUT2D eigenvalue weighted by atomic mass is 10.1. The molecule has 152 valence electrons. The Labute approximate surface area is 183 Å². The quantitative estimate of drug-likeness (QED) is 0.521. The number of halogens is 1. The lowest BCUT2D eigenvalue weighted by Crippen LogP contribution is -2.40. The molecule has 1 amide bonds. The van der Waals surface area contributed by atoms with E-state index in [1.807, 2.05) is 41.8 Å². The van der Waals surface area contributed by atoms with Crippen molar-refractivity contribution >= 4 is 33.2 Å². The third kappa shape index (κ3) is 5.35. The molecule has 5 nitrogen and oxygen atoms in total. The maximum Gasteiger partial charge on any atom is 0.226 e. The standard InChI is InChI=1S/C22H24BrN3O2S/c23-17-7-4-6-16(12-17)22-25-18(15-29-22)13-21(27)24-14-19(20-8-5-11-28-20)26-9-2-1-3-10-26/h4-8,11-12,15,19H,1-3,9-10,13-14H2,(H,24,27). The Morgan fingerprint density at radius 2 is 2.10 bits per heavy atom. The fourth-order valence-corrected chi connectivity index (χ4v) is 4.92. The highest BCUT2D eigenvalue weighted by Crippen LogP contribution is 2.27. The first-order chi connectivity index (χ1) is 14.2. The van der Waals surface area contributed by atoms with Crippen molar-refractivity contribution in [2.24, 2.45) is 0 Å². The number of nitrogens with zero attached hydrogens (tertiary/aromatic N) is 2. The zero-order valence-corrected chi connectivity index (χ0v) is 18.5. The van der Waals surface area contributed by atoms with Gasteiger partial charge in [-0.2, -0.15) is 0 Å². The van der Waals surface area contributed by atoms with Crippen LogP contribution in [0, 0.1) is 0 Å². The van der Waals surface area contributed by atoms with Crippen molar-refractivity contribution in [3.8, 4) is 10.6 Å². The molecular formula is C22H24BrN3O2S. The minimum Gasteiger partial charge on any atom is -0.468 e. The number of hydrogen-bond donors (Lipinski definition) is 1. The van der Waals surface area contributed by atoms with Crippen molar-refractivity contribution in [2.75, 3.05) is 19.6 Å². The molecule has 1 unspecified atom stereocenters. The van der Waals surface area contributed by atoms with E-state index in [0.717, 1.165) is 39.6 Å².